The maximum Gasteiger partial charge on any atom is 0.336 e. The van der Waals surface area contributed by atoms with Crippen LogP contribution in [0.4, 0.5) is 4.39 Å². The average molecular weight is 393 g/mol. The molecule has 4 N–H and O–H groups in total. The minimum Gasteiger partial charge on any atom is -0.505 e. The number of hydrogen-bond acceptors (Lipinski definition) is 5. The molecular weight excluding hydrogens is 381 g/mol. The number of phenolic OH excluding ortho intramolecular Hbond substituents is 1. The van der Waals surface area contributed by atoms with Crippen LogP contribution >= 0.6 is 0 Å². The van der Waals surface area contributed by atoms with Crippen molar-refractivity contribution in [3.8, 4) is 28.2 Å². The Labute approximate surface area is 161 Å². The van der Waals surface area contributed by atoms with Crippen LogP contribution < -0.4 is 11.2 Å². The van der Waals surface area contributed by atoms with Crippen molar-refractivity contribution in [2.45, 2.75) is 0 Å². The molecule has 0 radical (unpaired) electrons. The molecule has 8 heteroatoms. The highest BCUT2D eigenvalue weighted by atomic mass is 19.1. The van der Waals surface area contributed by atoms with Gasteiger partial charge < -0.3 is 20.4 Å². The molecule has 144 valence electrons. The van der Waals surface area contributed by atoms with E-state index in [9.17, 15) is 29.0 Å². The van der Waals surface area contributed by atoms with Crippen LogP contribution in [0.25, 0.3) is 33.4 Å². The number of fused-ring (bicyclic) bond motifs is 2. The van der Waals surface area contributed by atoms with Crippen molar-refractivity contribution in [3.63, 3.8) is 0 Å². The van der Waals surface area contributed by atoms with Crippen molar-refractivity contribution >= 4 is 22.8 Å². The van der Waals surface area contributed by atoms with Crippen LogP contribution in [0.1, 0.15) is 20.7 Å². The number of aromatic hydroxyl groups is 1. The van der Waals surface area contributed by atoms with Crippen molar-refractivity contribution in [2.75, 3.05) is 0 Å². The van der Waals surface area contributed by atoms with Gasteiger partial charge in [0, 0.05) is 34.2 Å². The van der Waals surface area contributed by atoms with Gasteiger partial charge >= 0.3 is 5.97 Å². The van der Waals surface area contributed by atoms with E-state index >= 15 is 0 Å². The van der Waals surface area contributed by atoms with E-state index in [2.05, 4.69) is 0 Å². The number of rotatable bonds is 3. The number of carboxylic acid groups (broad SMARTS) is 1. The Morgan fingerprint density at radius 2 is 1.72 bits per heavy atom. The van der Waals surface area contributed by atoms with Gasteiger partial charge in [-0.05, 0) is 35.9 Å². The van der Waals surface area contributed by atoms with Crippen LogP contribution in [0.5, 0.6) is 5.75 Å². The average Bonchev–Trinajstić information content (AvgIpc) is 2.67. The summed E-state index contributed by atoms with van der Waals surface area (Å²) in [6.45, 7) is 0. The second kappa shape index (κ2) is 6.45. The number of amides is 1. The molecule has 2 aromatic carbocycles. The van der Waals surface area contributed by atoms with Crippen LogP contribution in [0, 0.1) is 5.82 Å². The highest BCUT2D eigenvalue weighted by Crippen LogP contribution is 2.42. The third-order valence-corrected chi connectivity index (χ3v) is 4.56. The number of primary amides is 1. The van der Waals surface area contributed by atoms with Crippen LogP contribution in [-0.4, -0.2) is 22.1 Å². The highest BCUT2D eigenvalue weighted by Gasteiger charge is 2.23. The Hall–Kier alpha value is -4.20. The molecule has 0 saturated heterocycles. The first-order valence-electron chi connectivity index (χ1n) is 8.33. The minimum absolute atomic E-state index is 0.00829. The Bertz CT molecular complexity index is 1360. The van der Waals surface area contributed by atoms with Crippen LogP contribution in [-0.2, 0) is 0 Å². The normalized spacial score (nSPS) is 11.1. The van der Waals surface area contributed by atoms with Crippen molar-refractivity contribution in [2.24, 2.45) is 5.73 Å². The molecule has 1 amide bonds. The summed E-state index contributed by atoms with van der Waals surface area (Å²) in [5.74, 6) is -3.60. The first-order valence-corrected chi connectivity index (χ1v) is 8.33. The van der Waals surface area contributed by atoms with Gasteiger partial charge in [-0.1, -0.05) is 6.07 Å². The van der Waals surface area contributed by atoms with Crippen molar-refractivity contribution < 1.29 is 28.6 Å². The van der Waals surface area contributed by atoms with Gasteiger partial charge in [-0.2, -0.15) is 0 Å². The van der Waals surface area contributed by atoms with Crippen LogP contribution in [0.3, 0.4) is 0 Å². The molecule has 29 heavy (non-hydrogen) atoms. The fraction of sp³-hybridized carbons (Fsp3) is 0. The Morgan fingerprint density at radius 3 is 2.41 bits per heavy atom. The maximum atomic E-state index is 14.1. The summed E-state index contributed by atoms with van der Waals surface area (Å²) in [7, 11) is 0. The van der Waals surface area contributed by atoms with E-state index in [0.717, 1.165) is 18.2 Å². The van der Waals surface area contributed by atoms with Crippen molar-refractivity contribution in [3.05, 3.63) is 75.7 Å². The highest BCUT2D eigenvalue weighted by molar-refractivity contribution is 6.09. The van der Waals surface area contributed by atoms with Gasteiger partial charge in [-0.3, -0.25) is 9.59 Å². The summed E-state index contributed by atoms with van der Waals surface area (Å²) in [5.41, 5.74) is 5.49. The van der Waals surface area contributed by atoms with E-state index in [1.54, 1.807) is 0 Å². The zero-order chi connectivity index (χ0) is 20.9. The summed E-state index contributed by atoms with van der Waals surface area (Å²) >= 11 is 0. The molecule has 1 heterocycles. The number of halogens is 1. The number of hydrogen-bond donors (Lipinski definition) is 3. The Morgan fingerprint density at radius 1 is 1.00 bits per heavy atom. The lowest BCUT2D eigenvalue weighted by Crippen LogP contribution is -2.13. The molecule has 0 saturated carbocycles. The van der Waals surface area contributed by atoms with E-state index in [4.69, 9.17) is 10.2 Å². The standard InChI is InChI=1S/C21H12FNO6/c22-15-7-14-18(8-16(15)25)29-17-6-10(24)2-4-12(17)19(14)11-3-1-9(20(23)26)5-13(11)21(27)28/h1-8,25H,(H2,23,26)(H,27,28). The molecule has 0 unspecified atom stereocenters. The van der Waals surface area contributed by atoms with Crippen LogP contribution in [0.2, 0.25) is 0 Å². The molecule has 1 aliphatic heterocycles. The Balaban J connectivity index is 2.20. The zero-order valence-electron chi connectivity index (χ0n) is 14.6. The van der Waals surface area contributed by atoms with Gasteiger partial charge in [0.15, 0.2) is 17.0 Å². The largest absolute Gasteiger partial charge is 0.505 e. The first-order chi connectivity index (χ1) is 13.8. The summed E-state index contributed by atoms with van der Waals surface area (Å²) in [6, 6.07) is 9.83. The van der Waals surface area contributed by atoms with Crippen molar-refractivity contribution in [1.82, 2.24) is 0 Å². The monoisotopic (exact) mass is 393 g/mol. The van der Waals surface area contributed by atoms with E-state index < -0.39 is 23.4 Å². The minimum atomic E-state index is -1.33. The molecule has 0 fully saturated rings. The fourth-order valence-electron chi connectivity index (χ4n) is 3.26. The second-order valence-electron chi connectivity index (χ2n) is 6.36. The molecule has 0 atom stereocenters. The summed E-state index contributed by atoms with van der Waals surface area (Å²) in [5, 5.41) is 19.6. The molecule has 0 aromatic heterocycles. The number of nitrogens with two attached hydrogens (primary N) is 1. The van der Waals surface area contributed by atoms with E-state index in [1.807, 2.05) is 0 Å². The first kappa shape index (κ1) is 18.2. The third-order valence-electron chi connectivity index (χ3n) is 4.56. The van der Waals surface area contributed by atoms with E-state index in [-0.39, 0.29) is 44.4 Å². The predicted molar refractivity (Wildman–Crippen MR) is 102 cm³/mol. The summed E-state index contributed by atoms with van der Waals surface area (Å²) in [6.07, 6.45) is 0. The smallest absolute Gasteiger partial charge is 0.336 e. The quantitative estimate of drug-likeness (QED) is 0.458. The molecular formula is C21H12FNO6. The molecule has 0 spiro atoms. The van der Waals surface area contributed by atoms with E-state index in [1.165, 1.54) is 30.3 Å². The lowest BCUT2D eigenvalue weighted by atomic mass is 9.90. The summed E-state index contributed by atoms with van der Waals surface area (Å²) in [4.78, 5) is 35.1. The van der Waals surface area contributed by atoms with Gasteiger partial charge in [0.1, 0.15) is 11.3 Å². The van der Waals surface area contributed by atoms with Crippen molar-refractivity contribution in [1.29, 1.82) is 0 Å². The van der Waals surface area contributed by atoms with Gasteiger partial charge in [-0.25, -0.2) is 9.18 Å². The molecule has 4 rings (SSSR count). The predicted octanol–water partition coefficient (Wildman–Crippen LogP) is 3.21. The number of carbonyl (C=O) groups excluding carboxylic acids is 1. The number of aromatic carboxylic acids is 1. The molecule has 7 nitrogen and oxygen atoms in total. The SMILES string of the molecule is NC(=O)c1ccc(-c2c3ccc(=O)cc-3oc3cc(O)c(F)cc23)c(C(=O)O)c1. The lowest BCUT2D eigenvalue weighted by Gasteiger charge is -2.17. The number of benzene rings is 3. The van der Waals surface area contributed by atoms with Gasteiger partial charge in [0.05, 0.1) is 5.56 Å². The second-order valence-corrected chi connectivity index (χ2v) is 6.36. The number of carboxylic acids is 1. The van der Waals surface area contributed by atoms with E-state index in [0.29, 0.717) is 5.56 Å². The lowest BCUT2D eigenvalue weighted by molar-refractivity contribution is 0.0697. The van der Waals surface area contributed by atoms with Gasteiger partial charge in [0.2, 0.25) is 5.91 Å². The Kier molecular flexibility index (Phi) is 4.04. The maximum absolute atomic E-state index is 14.1. The van der Waals surface area contributed by atoms with Crippen LogP contribution in [0.15, 0.2) is 57.7 Å². The molecule has 1 aliphatic carbocycles. The third kappa shape index (κ3) is 2.96. The molecule has 2 aliphatic rings. The number of phenols is 1. The molecule has 0 bridgehead atoms. The fourth-order valence-corrected chi connectivity index (χ4v) is 3.26. The van der Waals surface area contributed by atoms with Gasteiger partial charge in [0.25, 0.3) is 0 Å². The zero-order valence-corrected chi connectivity index (χ0v) is 14.6. The number of carbonyl (C=O) groups is 2. The van der Waals surface area contributed by atoms with Gasteiger partial charge in [-0.15, -0.1) is 0 Å². The topological polar surface area (TPSA) is 131 Å². The molecule has 2 aromatic rings. The summed E-state index contributed by atoms with van der Waals surface area (Å²) < 4.78 is 19.8.